The van der Waals surface area contributed by atoms with Crippen LogP contribution in [0.2, 0.25) is 5.02 Å². The lowest BCUT2D eigenvalue weighted by Gasteiger charge is -2.26. The summed E-state index contributed by atoms with van der Waals surface area (Å²) in [6, 6.07) is 3.49. The highest BCUT2D eigenvalue weighted by Gasteiger charge is 2.21. The minimum Gasteiger partial charge on any atom is -0.443 e. The number of anilines is 2. The number of nitrogen functional groups attached to an aromatic ring is 1. The summed E-state index contributed by atoms with van der Waals surface area (Å²) < 4.78 is 6.06. The van der Waals surface area contributed by atoms with Crippen LogP contribution in [-0.4, -0.2) is 23.1 Å². The Morgan fingerprint density at radius 1 is 1.43 bits per heavy atom. The van der Waals surface area contributed by atoms with E-state index in [0.717, 1.165) is 10.2 Å². The largest absolute Gasteiger partial charge is 0.443 e. The first-order valence-electron chi connectivity index (χ1n) is 7.05. The van der Waals surface area contributed by atoms with Crippen LogP contribution >= 0.6 is 27.5 Å². The van der Waals surface area contributed by atoms with Gasteiger partial charge in [0, 0.05) is 22.9 Å². The molecule has 0 aromatic heterocycles. The molecule has 0 bridgehead atoms. The van der Waals surface area contributed by atoms with E-state index in [-0.39, 0.29) is 6.09 Å². The van der Waals surface area contributed by atoms with E-state index in [1.54, 1.807) is 24.4 Å². The molecule has 0 unspecified atom stereocenters. The van der Waals surface area contributed by atoms with Crippen LogP contribution in [0.3, 0.4) is 0 Å². The van der Waals surface area contributed by atoms with Gasteiger partial charge >= 0.3 is 6.09 Å². The number of amides is 1. The molecule has 1 aromatic rings. The first kappa shape index (κ1) is 17.7. The molecule has 0 radical (unpaired) electrons. The van der Waals surface area contributed by atoms with Crippen LogP contribution in [0.5, 0.6) is 0 Å². The van der Waals surface area contributed by atoms with Crippen LogP contribution in [0.25, 0.3) is 0 Å². The lowest BCUT2D eigenvalue weighted by Crippen LogP contribution is -2.34. The van der Waals surface area contributed by atoms with Crippen molar-refractivity contribution in [2.75, 3.05) is 17.6 Å². The second-order valence-electron chi connectivity index (χ2n) is 6.09. The Balaban J connectivity index is 2.02. The zero-order valence-corrected chi connectivity index (χ0v) is 15.5. The molecule has 23 heavy (non-hydrogen) atoms. The van der Waals surface area contributed by atoms with Crippen molar-refractivity contribution in [1.29, 1.82) is 0 Å². The van der Waals surface area contributed by atoms with E-state index in [9.17, 15) is 4.79 Å². The van der Waals surface area contributed by atoms with Crippen molar-refractivity contribution < 1.29 is 9.53 Å². The van der Waals surface area contributed by atoms with Gasteiger partial charge in [-0.25, -0.2) is 4.79 Å². The van der Waals surface area contributed by atoms with Gasteiger partial charge in [-0.1, -0.05) is 11.6 Å². The molecule has 1 amide bonds. The first-order chi connectivity index (χ1) is 10.7. The maximum absolute atomic E-state index is 12.0. The molecule has 0 saturated heterocycles. The summed E-state index contributed by atoms with van der Waals surface area (Å²) in [5.41, 5.74) is 7.56. The topological polar surface area (TPSA) is 67.6 Å². The van der Waals surface area contributed by atoms with E-state index in [1.807, 2.05) is 26.8 Å². The number of rotatable bonds is 2. The summed E-state index contributed by atoms with van der Waals surface area (Å²) in [4.78, 5) is 13.5. The quantitative estimate of drug-likeness (QED) is 0.703. The monoisotopic (exact) mass is 399 g/mol. The molecule has 1 aliphatic heterocycles. The Labute approximate surface area is 149 Å². The molecule has 0 saturated carbocycles. The number of nitrogens with two attached hydrogens (primary N) is 1. The van der Waals surface area contributed by atoms with Crippen LogP contribution < -0.4 is 11.1 Å². The van der Waals surface area contributed by atoms with Crippen LogP contribution in [-0.2, 0) is 4.74 Å². The fourth-order valence-electron chi connectivity index (χ4n) is 1.87. The highest BCUT2D eigenvalue weighted by molar-refractivity contribution is 9.10. The maximum atomic E-state index is 12.0. The van der Waals surface area contributed by atoms with Gasteiger partial charge in [-0.05, 0) is 61.0 Å². The van der Waals surface area contributed by atoms with Gasteiger partial charge in [0.15, 0.2) is 0 Å². The van der Waals surface area contributed by atoms with Gasteiger partial charge in [0.25, 0.3) is 0 Å². The minimum atomic E-state index is -0.518. The number of halogens is 2. The van der Waals surface area contributed by atoms with E-state index in [2.05, 4.69) is 21.2 Å². The normalized spacial score (nSPS) is 14.5. The predicted octanol–water partition coefficient (Wildman–Crippen LogP) is 4.74. The van der Waals surface area contributed by atoms with E-state index < -0.39 is 5.60 Å². The van der Waals surface area contributed by atoms with E-state index in [4.69, 9.17) is 22.1 Å². The fourth-order valence-corrected chi connectivity index (χ4v) is 2.40. The van der Waals surface area contributed by atoms with Gasteiger partial charge in [0.1, 0.15) is 5.60 Å². The second-order valence-corrected chi connectivity index (χ2v) is 7.35. The molecule has 5 nitrogen and oxygen atoms in total. The number of hydrogen-bond acceptors (Lipinski definition) is 4. The molecular formula is C16H19BrClN3O2. The molecular weight excluding hydrogens is 382 g/mol. The maximum Gasteiger partial charge on any atom is 0.414 e. The standard InChI is InChI=1S/C16H19BrClN3O2/c1-16(2,3)23-15(22)21-6-4-10(5-7-21)20-14-9-12(18)11(17)8-13(14)19/h4-6,8-9,20H,7,19H2,1-3H3. The van der Waals surface area contributed by atoms with Crippen molar-refractivity contribution >= 4 is 45.0 Å². The average Bonchev–Trinajstić information content (AvgIpc) is 2.43. The van der Waals surface area contributed by atoms with Gasteiger partial charge in [-0.15, -0.1) is 0 Å². The predicted molar refractivity (Wildman–Crippen MR) is 97.4 cm³/mol. The summed E-state index contributed by atoms with van der Waals surface area (Å²) in [5, 5.41) is 3.76. The molecule has 1 aromatic carbocycles. The number of benzene rings is 1. The number of carbonyl (C=O) groups is 1. The third-order valence-corrected chi connectivity index (χ3v) is 4.14. The lowest BCUT2D eigenvalue weighted by atomic mass is 10.2. The summed E-state index contributed by atoms with van der Waals surface area (Å²) in [5.74, 6) is 0. The van der Waals surface area contributed by atoms with Crippen molar-refractivity contribution in [2.24, 2.45) is 0 Å². The molecule has 0 aliphatic carbocycles. The van der Waals surface area contributed by atoms with Gasteiger partial charge in [-0.2, -0.15) is 0 Å². The van der Waals surface area contributed by atoms with Gasteiger partial charge in [0.05, 0.1) is 16.4 Å². The van der Waals surface area contributed by atoms with Crippen molar-refractivity contribution in [3.8, 4) is 0 Å². The van der Waals surface area contributed by atoms with Crippen molar-refractivity contribution in [1.82, 2.24) is 4.90 Å². The van der Waals surface area contributed by atoms with Gasteiger partial charge in [-0.3, -0.25) is 4.90 Å². The summed E-state index contributed by atoms with van der Waals surface area (Å²) in [7, 11) is 0. The molecule has 7 heteroatoms. The summed E-state index contributed by atoms with van der Waals surface area (Å²) >= 11 is 9.41. The molecule has 124 valence electrons. The smallest absolute Gasteiger partial charge is 0.414 e. The molecule has 0 atom stereocenters. The molecule has 2 rings (SSSR count). The fraction of sp³-hybridized carbons (Fsp3) is 0.312. The molecule has 0 fully saturated rings. The number of nitrogens with zero attached hydrogens (tertiary/aromatic N) is 1. The Bertz CT molecular complexity index is 681. The van der Waals surface area contributed by atoms with Gasteiger partial charge < -0.3 is 15.8 Å². The molecule has 1 aliphatic rings. The first-order valence-corrected chi connectivity index (χ1v) is 8.22. The minimum absolute atomic E-state index is 0.379. The van der Waals surface area contributed by atoms with Crippen molar-refractivity contribution in [2.45, 2.75) is 26.4 Å². The molecule has 3 N–H and O–H groups in total. The number of ether oxygens (including phenoxy) is 1. The number of allylic oxidation sites excluding steroid dienone is 1. The van der Waals surface area contributed by atoms with E-state index in [1.165, 1.54) is 4.90 Å². The SMILES string of the molecule is CC(C)(C)OC(=O)N1C=CC(Nc2cc(Cl)c(Br)cc2N)=CC1. The van der Waals surface area contributed by atoms with Crippen LogP contribution in [0, 0.1) is 0 Å². The van der Waals surface area contributed by atoms with Crippen molar-refractivity contribution in [3.05, 3.63) is 45.7 Å². The third kappa shape index (κ3) is 4.91. The Morgan fingerprint density at radius 2 is 2.13 bits per heavy atom. The zero-order valence-electron chi connectivity index (χ0n) is 13.2. The zero-order chi connectivity index (χ0) is 17.2. The average molecular weight is 401 g/mol. The lowest BCUT2D eigenvalue weighted by molar-refractivity contribution is 0.0350. The Kier molecular flexibility index (Phi) is 5.26. The Morgan fingerprint density at radius 3 is 2.70 bits per heavy atom. The summed E-state index contributed by atoms with van der Waals surface area (Å²) in [6.07, 6.45) is 4.95. The molecule has 1 heterocycles. The summed E-state index contributed by atoms with van der Waals surface area (Å²) in [6.45, 7) is 5.92. The Hall–Kier alpha value is -1.66. The van der Waals surface area contributed by atoms with E-state index >= 15 is 0 Å². The second kappa shape index (κ2) is 6.84. The number of nitrogens with one attached hydrogen (secondary N) is 1. The third-order valence-electron chi connectivity index (χ3n) is 2.94. The van der Waals surface area contributed by atoms with Crippen LogP contribution in [0.1, 0.15) is 20.8 Å². The highest BCUT2D eigenvalue weighted by atomic mass is 79.9. The number of carbonyl (C=O) groups excluding carboxylic acids is 1. The number of hydrogen-bond donors (Lipinski definition) is 2. The van der Waals surface area contributed by atoms with Crippen LogP contribution in [0.4, 0.5) is 16.2 Å². The van der Waals surface area contributed by atoms with Gasteiger partial charge in [0.2, 0.25) is 0 Å². The highest BCUT2D eigenvalue weighted by Crippen LogP contribution is 2.32. The van der Waals surface area contributed by atoms with Crippen LogP contribution in [0.15, 0.2) is 40.7 Å². The molecule has 0 spiro atoms. The van der Waals surface area contributed by atoms with E-state index in [0.29, 0.717) is 22.9 Å². The van der Waals surface area contributed by atoms with Crippen molar-refractivity contribution in [3.63, 3.8) is 0 Å².